The lowest BCUT2D eigenvalue weighted by atomic mass is 9.80. The molecule has 3 heterocycles. The second-order valence-electron chi connectivity index (χ2n) is 6.14. The quantitative estimate of drug-likeness (QED) is 0.893. The molecule has 0 radical (unpaired) electrons. The first-order valence-electron chi connectivity index (χ1n) is 7.59. The average Bonchev–Trinajstić information content (AvgIpc) is 2.90. The van der Waals surface area contributed by atoms with E-state index in [4.69, 9.17) is 5.11 Å². The van der Waals surface area contributed by atoms with Crippen LogP contribution in [0.5, 0.6) is 0 Å². The Morgan fingerprint density at radius 1 is 1.24 bits per heavy atom. The van der Waals surface area contributed by atoms with Crippen molar-refractivity contribution in [1.82, 2.24) is 14.5 Å². The topological polar surface area (TPSA) is 75.4 Å². The van der Waals surface area contributed by atoms with Crippen molar-refractivity contribution < 1.29 is 14.7 Å². The molecule has 0 saturated carbocycles. The van der Waals surface area contributed by atoms with Gasteiger partial charge in [-0.05, 0) is 31.1 Å². The van der Waals surface area contributed by atoms with Gasteiger partial charge in [0.25, 0.3) is 0 Å². The number of hydrogen-bond acceptors (Lipinski definition) is 3. The first kappa shape index (κ1) is 14.1. The molecule has 2 aliphatic heterocycles. The third-order valence-electron chi connectivity index (χ3n) is 4.90. The normalized spacial score (nSPS) is 22.9. The molecule has 1 saturated heterocycles. The van der Waals surface area contributed by atoms with E-state index in [1.165, 1.54) is 0 Å². The molecule has 0 aliphatic carbocycles. The van der Waals surface area contributed by atoms with E-state index < -0.39 is 5.97 Å². The summed E-state index contributed by atoms with van der Waals surface area (Å²) in [7, 11) is 0. The fourth-order valence-corrected chi connectivity index (χ4v) is 3.64. The summed E-state index contributed by atoms with van der Waals surface area (Å²) >= 11 is 0. The van der Waals surface area contributed by atoms with Crippen LogP contribution in [0.15, 0.2) is 6.20 Å². The van der Waals surface area contributed by atoms with Gasteiger partial charge in [-0.15, -0.1) is 0 Å². The molecule has 6 heteroatoms. The largest absolute Gasteiger partial charge is 0.476 e. The standard InChI is InChI=1S/C15H21N3O3/c1-10(19)17-6-4-11(5-7-17)12-2-3-14-16-13(15(20)21)9-18(14)8-12/h9,11-12H,2-8H2,1H3,(H,20,21)/t12-/m1/s1. The van der Waals surface area contributed by atoms with Gasteiger partial charge in [0, 0.05) is 39.2 Å². The van der Waals surface area contributed by atoms with E-state index in [1.807, 2.05) is 9.47 Å². The summed E-state index contributed by atoms with van der Waals surface area (Å²) in [5.41, 5.74) is 0.150. The van der Waals surface area contributed by atoms with Gasteiger partial charge in [-0.3, -0.25) is 4.79 Å². The molecule has 3 rings (SSSR count). The number of nitrogens with zero attached hydrogens (tertiary/aromatic N) is 3. The van der Waals surface area contributed by atoms with Gasteiger partial charge in [0.2, 0.25) is 5.91 Å². The number of rotatable bonds is 2. The maximum Gasteiger partial charge on any atom is 0.356 e. The van der Waals surface area contributed by atoms with Crippen LogP contribution in [0.3, 0.4) is 0 Å². The summed E-state index contributed by atoms with van der Waals surface area (Å²) in [4.78, 5) is 28.5. The minimum Gasteiger partial charge on any atom is -0.476 e. The van der Waals surface area contributed by atoms with E-state index in [2.05, 4.69) is 4.98 Å². The second-order valence-corrected chi connectivity index (χ2v) is 6.14. The van der Waals surface area contributed by atoms with Gasteiger partial charge < -0.3 is 14.6 Å². The number of carboxylic acids is 1. The van der Waals surface area contributed by atoms with Crippen molar-refractivity contribution in [2.24, 2.45) is 11.8 Å². The summed E-state index contributed by atoms with van der Waals surface area (Å²) in [6, 6.07) is 0. The highest BCUT2D eigenvalue weighted by molar-refractivity contribution is 5.85. The van der Waals surface area contributed by atoms with Gasteiger partial charge in [-0.25, -0.2) is 9.78 Å². The molecule has 114 valence electrons. The van der Waals surface area contributed by atoms with Crippen molar-refractivity contribution >= 4 is 11.9 Å². The maximum atomic E-state index is 11.4. The molecule has 0 bridgehead atoms. The number of piperidine rings is 1. The Morgan fingerprint density at radius 2 is 1.95 bits per heavy atom. The van der Waals surface area contributed by atoms with E-state index in [9.17, 15) is 9.59 Å². The predicted octanol–water partition coefficient (Wildman–Crippen LogP) is 1.40. The van der Waals surface area contributed by atoms with E-state index in [0.29, 0.717) is 11.8 Å². The molecule has 6 nitrogen and oxygen atoms in total. The number of aromatic carboxylic acids is 1. The van der Waals surface area contributed by atoms with E-state index in [-0.39, 0.29) is 11.6 Å². The van der Waals surface area contributed by atoms with Crippen molar-refractivity contribution in [2.75, 3.05) is 13.1 Å². The van der Waals surface area contributed by atoms with Gasteiger partial charge in [-0.2, -0.15) is 0 Å². The fourth-order valence-electron chi connectivity index (χ4n) is 3.64. The Morgan fingerprint density at radius 3 is 2.57 bits per heavy atom. The van der Waals surface area contributed by atoms with E-state index in [1.54, 1.807) is 13.1 Å². The van der Waals surface area contributed by atoms with Crippen LogP contribution in [0.1, 0.15) is 42.5 Å². The molecule has 1 aromatic rings. The monoisotopic (exact) mass is 291 g/mol. The zero-order chi connectivity index (χ0) is 15.0. The predicted molar refractivity (Wildman–Crippen MR) is 76.0 cm³/mol. The highest BCUT2D eigenvalue weighted by atomic mass is 16.4. The molecular weight excluding hydrogens is 270 g/mol. The molecule has 1 N–H and O–H groups in total. The number of amides is 1. The second kappa shape index (κ2) is 5.50. The summed E-state index contributed by atoms with van der Waals surface area (Å²) < 4.78 is 2.01. The SMILES string of the molecule is CC(=O)N1CCC([C@@H]2CCc3nc(C(=O)O)cn3C2)CC1. The smallest absolute Gasteiger partial charge is 0.356 e. The fraction of sp³-hybridized carbons (Fsp3) is 0.667. The van der Waals surface area contributed by atoms with E-state index >= 15 is 0 Å². The molecule has 0 unspecified atom stereocenters. The third kappa shape index (κ3) is 2.80. The molecule has 1 atom stereocenters. The molecule has 0 spiro atoms. The van der Waals surface area contributed by atoms with Gasteiger partial charge in [0.1, 0.15) is 5.82 Å². The minimum absolute atomic E-state index is 0.150. The number of aromatic nitrogens is 2. The van der Waals surface area contributed by atoms with Crippen LogP contribution in [0.4, 0.5) is 0 Å². The Labute approximate surface area is 123 Å². The highest BCUT2D eigenvalue weighted by Gasteiger charge is 2.31. The van der Waals surface area contributed by atoms with Crippen LogP contribution in [0.2, 0.25) is 0 Å². The van der Waals surface area contributed by atoms with Crippen LogP contribution in [0, 0.1) is 11.8 Å². The first-order chi connectivity index (χ1) is 10.0. The number of likely N-dealkylation sites (tertiary alicyclic amines) is 1. The first-order valence-corrected chi connectivity index (χ1v) is 7.59. The van der Waals surface area contributed by atoms with Crippen LogP contribution in [-0.4, -0.2) is 44.5 Å². The van der Waals surface area contributed by atoms with Crippen molar-refractivity contribution in [3.05, 3.63) is 17.7 Å². The number of carboxylic acid groups (broad SMARTS) is 1. The van der Waals surface area contributed by atoms with Crippen LogP contribution < -0.4 is 0 Å². The maximum absolute atomic E-state index is 11.4. The molecule has 21 heavy (non-hydrogen) atoms. The Bertz CT molecular complexity index is 559. The summed E-state index contributed by atoms with van der Waals surface area (Å²) in [6.07, 6.45) is 5.69. The van der Waals surface area contributed by atoms with Gasteiger partial charge in [0.15, 0.2) is 5.69 Å². The Balaban J connectivity index is 1.64. The lowest BCUT2D eigenvalue weighted by Crippen LogP contribution is -2.40. The number of aryl methyl sites for hydroxylation is 1. The number of fused-ring (bicyclic) bond motifs is 1. The van der Waals surface area contributed by atoms with Crippen LogP contribution in [0.25, 0.3) is 0 Å². The number of hydrogen-bond donors (Lipinski definition) is 1. The van der Waals surface area contributed by atoms with E-state index in [0.717, 1.165) is 51.1 Å². The van der Waals surface area contributed by atoms with Crippen molar-refractivity contribution in [2.45, 2.75) is 39.2 Å². The van der Waals surface area contributed by atoms with Gasteiger partial charge >= 0.3 is 5.97 Å². The van der Waals surface area contributed by atoms with Crippen molar-refractivity contribution in [3.8, 4) is 0 Å². The van der Waals surface area contributed by atoms with Gasteiger partial charge in [-0.1, -0.05) is 0 Å². The molecule has 1 fully saturated rings. The Hall–Kier alpha value is -1.85. The van der Waals surface area contributed by atoms with Crippen LogP contribution in [-0.2, 0) is 17.8 Å². The average molecular weight is 291 g/mol. The molecule has 1 aromatic heterocycles. The summed E-state index contributed by atoms with van der Waals surface area (Å²) in [6.45, 7) is 4.20. The zero-order valence-corrected chi connectivity index (χ0v) is 12.3. The zero-order valence-electron chi connectivity index (χ0n) is 12.3. The Kier molecular flexibility index (Phi) is 3.69. The third-order valence-corrected chi connectivity index (χ3v) is 4.90. The minimum atomic E-state index is -0.955. The summed E-state index contributed by atoms with van der Waals surface area (Å²) in [5.74, 6) is 1.31. The number of imidazole rings is 1. The van der Waals surface area contributed by atoms with Crippen LogP contribution >= 0.6 is 0 Å². The highest BCUT2D eigenvalue weighted by Crippen LogP contribution is 2.32. The number of carbonyl (C=O) groups is 2. The lowest BCUT2D eigenvalue weighted by molar-refractivity contribution is -0.130. The molecule has 1 amide bonds. The summed E-state index contributed by atoms with van der Waals surface area (Å²) in [5, 5.41) is 9.02. The molecule has 0 aromatic carbocycles. The molecule has 2 aliphatic rings. The molecular formula is C15H21N3O3. The van der Waals surface area contributed by atoms with Crippen molar-refractivity contribution in [1.29, 1.82) is 0 Å². The van der Waals surface area contributed by atoms with Gasteiger partial charge in [0.05, 0.1) is 0 Å². The number of carbonyl (C=O) groups excluding carboxylic acids is 1. The lowest BCUT2D eigenvalue weighted by Gasteiger charge is -2.37. The van der Waals surface area contributed by atoms with Crippen molar-refractivity contribution in [3.63, 3.8) is 0 Å².